The molecule has 6 heteroatoms. The monoisotopic (exact) mass is 244 g/mol. The van der Waals surface area contributed by atoms with Crippen LogP contribution >= 0.6 is 0 Å². The van der Waals surface area contributed by atoms with Crippen LogP contribution in [0.1, 0.15) is 26.7 Å². The average molecular weight is 244 g/mol. The van der Waals surface area contributed by atoms with Gasteiger partial charge in [-0.2, -0.15) is 0 Å². The minimum atomic E-state index is -0.912. The number of amides is 2. The van der Waals surface area contributed by atoms with Gasteiger partial charge in [-0.25, -0.2) is 4.79 Å². The molecule has 2 amide bonds. The van der Waals surface area contributed by atoms with Crippen LogP contribution < -0.4 is 0 Å². The number of hydrogen-bond donors (Lipinski definition) is 2. The fourth-order valence-electron chi connectivity index (χ4n) is 1.89. The number of rotatable bonds is 4. The predicted octanol–water partition coefficient (Wildman–Crippen LogP) is 0.358. The number of carboxylic acids is 1. The van der Waals surface area contributed by atoms with Crippen LogP contribution in [0.4, 0.5) is 4.79 Å². The number of nitrogens with zero attached hydrogens (tertiary/aromatic N) is 2. The van der Waals surface area contributed by atoms with Crippen molar-refractivity contribution in [1.29, 1.82) is 0 Å². The molecule has 0 bridgehead atoms. The van der Waals surface area contributed by atoms with Gasteiger partial charge in [-0.3, -0.25) is 4.79 Å². The van der Waals surface area contributed by atoms with Gasteiger partial charge in [-0.15, -0.1) is 0 Å². The highest BCUT2D eigenvalue weighted by atomic mass is 16.4. The molecule has 0 aromatic heterocycles. The van der Waals surface area contributed by atoms with E-state index in [9.17, 15) is 14.7 Å². The number of aliphatic carboxylic acids is 1. The molecule has 0 saturated carbocycles. The Hall–Kier alpha value is -1.30. The summed E-state index contributed by atoms with van der Waals surface area (Å²) in [6, 6.07) is -0.225. The Morgan fingerprint density at radius 1 is 1.47 bits per heavy atom. The molecule has 2 N–H and O–H groups in total. The summed E-state index contributed by atoms with van der Waals surface area (Å²) in [6.07, 6.45) is 0.0872. The highest BCUT2D eigenvalue weighted by molar-refractivity contribution is 5.76. The lowest BCUT2D eigenvalue weighted by Crippen LogP contribution is -2.46. The minimum absolute atomic E-state index is 0.0420. The maximum absolute atomic E-state index is 12.1. The van der Waals surface area contributed by atoms with E-state index in [1.807, 2.05) is 13.8 Å². The molecule has 1 rings (SSSR count). The molecule has 0 aromatic rings. The largest absolute Gasteiger partial charge is 0.481 e. The molecule has 1 atom stereocenters. The smallest absolute Gasteiger partial charge is 0.320 e. The van der Waals surface area contributed by atoms with Gasteiger partial charge in [0.1, 0.15) is 0 Å². The van der Waals surface area contributed by atoms with Crippen LogP contribution in [-0.2, 0) is 4.79 Å². The van der Waals surface area contributed by atoms with Gasteiger partial charge in [0.25, 0.3) is 0 Å². The van der Waals surface area contributed by atoms with E-state index in [2.05, 4.69) is 0 Å². The van der Waals surface area contributed by atoms with Crippen LogP contribution in [0.25, 0.3) is 0 Å². The van der Waals surface area contributed by atoms with E-state index in [4.69, 9.17) is 5.11 Å². The van der Waals surface area contributed by atoms with Crippen LogP contribution in [-0.4, -0.2) is 63.8 Å². The van der Waals surface area contributed by atoms with Crippen molar-refractivity contribution in [3.05, 3.63) is 0 Å². The molecule has 0 aromatic carbocycles. The Labute approximate surface area is 101 Å². The van der Waals surface area contributed by atoms with E-state index >= 15 is 0 Å². The zero-order valence-electron chi connectivity index (χ0n) is 10.3. The van der Waals surface area contributed by atoms with Gasteiger partial charge >= 0.3 is 12.0 Å². The van der Waals surface area contributed by atoms with Crippen LogP contribution in [0, 0.1) is 0 Å². The molecule has 98 valence electrons. The standard InChI is InChI=1S/C11H20N2O4/c1-8(2)13(6-4-10(15)16)11(17)12-5-3-9(14)7-12/h8-9,14H,3-7H2,1-2H3,(H,15,16). The minimum Gasteiger partial charge on any atom is -0.481 e. The van der Waals surface area contributed by atoms with Crippen molar-refractivity contribution in [3.63, 3.8) is 0 Å². The first-order valence-electron chi connectivity index (χ1n) is 5.87. The molecule has 1 fully saturated rings. The maximum atomic E-state index is 12.1. The normalized spacial score (nSPS) is 19.8. The molecule has 1 saturated heterocycles. The lowest BCUT2D eigenvalue weighted by atomic mass is 10.3. The van der Waals surface area contributed by atoms with Gasteiger partial charge in [0, 0.05) is 25.7 Å². The number of β-amino-alcohol motifs (C(OH)–C–C–N with tert-alkyl or cyclic N) is 1. The van der Waals surface area contributed by atoms with Crippen molar-refractivity contribution < 1.29 is 19.8 Å². The Morgan fingerprint density at radius 3 is 2.53 bits per heavy atom. The molecule has 17 heavy (non-hydrogen) atoms. The number of carbonyl (C=O) groups is 2. The number of urea groups is 1. The highest BCUT2D eigenvalue weighted by Gasteiger charge is 2.29. The van der Waals surface area contributed by atoms with Gasteiger partial charge in [-0.1, -0.05) is 0 Å². The summed E-state index contributed by atoms with van der Waals surface area (Å²) in [5.41, 5.74) is 0. The van der Waals surface area contributed by atoms with Gasteiger partial charge in [0.2, 0.25) is 0 Å². The van der Waals surface area contributed by atoms with E-state index in [0.717, 1.165) is 0 Å². The fraction of sp³-hybridized carbons (Fsp3) is 0.818. The third kappa shape index (κ3) is 3.89. The molecule has 1 unspecified atom stereocenters. The third-order valence-corrected chi connectivity index (χ3v) is 2.87. The van der Waals surface area contributed by atoms with Crippen molar-refractivity contribution in [3.8, 4) is 0 Å². The highest BCUT2D eigenvalue weighted by Crippen LogP contribution is 2.13. The lowest BCUT2D eigenvalue weighted by Gasteiger charge is -2.30. The summed E-state index contributed by atoms with van der Waals surface area (Å²) in [4.78, 5) is 25.7. The Bertz CT molecular complexity index is 293. The number of carbonyl (C=O) groups excluding carboxylic acids is 1. The van der Waals surface area contributed by atoms with E-state index < -0.39 is 12.1 Å². The SMILES string of the molecule is CC(C)N(CCC(=O)O)C(=O)N1CCC(O)C1. The first kappa shape index (κ1) is 13.8. The summed E-state index contributed by atoms with van der Waals surface area (Å²) in [5, 5.41) is 18.0. The second-order valence-corrected chi connectivity index (χ2v) is 4.60. The molecule has 0 aliphatic carbocycles. The number of carboxylic acid groups (broad SMARTS) is 1. The molecular weight excluding hydrogens is 224 g/mol. The Morgan fingerprint density at radius 2 is 2.12 bits per heavy atom. The molecule has 0 spiro atoms. The molecule has 1 aliphatic heterocycles. The molecular formula is C11H20N2O4. The lowest BCUT2D eigenvalue weighted by molar-refractivity contribution is -0.137. The van der Waals surface area contributed by atoms with Crippen LogP contribution in [0.15, 0.2) is 0 Å². The topological polar surface area (TPSA) is 81.1 Å². The molecule has 1 heterocycles. The van der Waals surface area contributed by atoms with E-state index in [-0.39, 0.29) is 25.0 Å². The van der Waals surface area contributed by atoms with Gasteiger partial charge in [0.15, 0.2) is 0 Å². The summed E-state index contributed by atoms with van der Waals surface area (Å²) in [5.74, 6) is -0.912. The van der Waals surface area contributed by atoms with E-state index in [0.29, 0.717) is 19.5 Å². The van der Waals surface area contributed by atoms with Crippen LogP contribution in [0.3, 0.4) is 0 Å². The van der Waals surface area contributed by atoms with E-state index in [1.165, 1.54) is 4.90 Å². The number of hydrogen-bond acceptors (Lipinski definition) is 3. The van der Waals surface area contributed by atoms with Crippen molar-refractivity contribution in [2.75, 3.05) is 19.6 Å². The van der Waals surface area contributed by atoms with Crippen molar-refractivity contribution in [2.24, 2.45) is 0 Å². The van der Waals surface area contributed by atoms with Gasteiger partial charge in [0.05, 0.1) is 12.5 Å². The van der Waals surface area contributed by atoms with Crippen molar-refractivity contribution >= 4 is 12.0 Å². The summed E-state index contributed by atoms with van der Waals surface area (Å²) in [7, 11) is 0. The Kier molecular flexibility index (Phi) is 4.74. The third-order valence-electron chi connectivity index (χ3n) is 2.87. The summed E-state index contributed by atoms with van der Waals surface area (Å²) >= 11 is 0. The van der Waals surface area contributed by atoms with Crippen molar-refractivity contribution in [1.82, 2.24) is 9.80 Å². The summed E-state index contributed by atoms with van der Waals surface area (Å²) < 4.78 is 0. The second-order valence-electron chi connectivity index (χ2n) is 4.60. The average Bonchev–Trinajstić information content (AvgIpc) is 2.63. The molecule has 6 nitrogen and oxygen atoms in total. The number of aliphatic hydroxyl groups excluding tert-OH is 1. The quantitative estimate of drug-likeness (QED) is 0.748. The molecule has 1 aliphatic rings. The van der Waals surface area contributed by atoms with Gasteiger partial charge < -0.3 is 20.0 Å². The van der Waals surface area contributed by atoms with Crippen LogP contribution in [0.2, 0.25) is 0 Å². The number of aliphatic hydroxyl groups is 1. The first-order valence-corrected chi connectivity index (χ1v) is 5.87. The summed E-state index contributed by atoms with van der Waals surface area (Å²) in [6.45, 7) is 4.79. The molecule has 0 radical (unpaired) electrons. The fourth-order valence-corrected chi connectivity index (χ4v) is 1.89. The maximum Gasteiger partial charge on any atom is 0.320 e. The number of likely N-dealkylation sites (tertiary alicyclic amines) is 1. The second kappa shape index (κ2) is 5.86. The zero-order valence-corrected chi connectivity index (χ0v) is 10.3. The van der Waals surface area contributed by atoms with Crippen molar-refractivity contribution in [2.45, 2.75) is 38.8 Å². The van der Waals surface area contributed by atoms with E-state index in [1.54, 1.807) is 4.90 Å². The zero-order chi connectivity index (χ0) is 13.0. The van der Waals surface area contributed by atoms with Gasteiger partial charge in [-0.05, 0) is 20.3 Å². The first-order chi connectivity index (χ1) is 7.91. The van der Waals surface area contributed by atoms with Crippen LogP contribution in [0.5, 0.6) is 0 Å². The Balaban J connectivity index is 2.57. The predicted molar refractivity (Wildman–Crippen MR) is 61.7 cm³/mol.